The number of aliphatic imine (C=N–C) groups is 2. The van der Waals surface area contributed by atoms with E-state index in [-0.39, 0.29) is 0 Å². The molecule has 0 aromatic heterocycles. The maximum atomic E-state index is 6.44. The Bertz CT molecular complexity index is 857. The molecule has 0 saturated heterocycles. The number of amidine groups is 1. The first-order valence-electron chi connectivity index (χ1n) is 9.25. The van der Waals surface area contributed by atoms with E-state index >= 15 is 0 Å². The number of halogens is 2. The van der Waals surface area contributed by atoms with Gasteiger partial charge in [-0.05, 0) is 37.4 Å². The highest BCUT2D eigenvalue weighted by Gasteiger charge is 2.17. The molecule has 0 radical (unpaired) electrons. The lowest BCUT2D eigenvalue weighted by Gasteiger charge is -2.17. The molecule has 3 rings (SSSR count). The molecule has 1 aliphatic rings. The molecule has 0 amide bonds. The van der Waals surface area contributed by atoms with E-state index in [4.69, 9.17) is 33.2 Å². The van der Waals surface area contributed by atoms with Crippen LogP contribution in [0.15, 0.2) is 52.4 Å². The predicted octanol–water partition coefficient (Wildman–Crippen LogP) is 5.67. The molecule has 0 fully saturated rings. The Kier molecular flexibility index (Phi) is 6.89. The van der Waals surface area contributed by atoms with Gasteiger partial charge in [-0.25, -0.2) is 0 Å². The molecule has 27 heavy (non-hydrogen) atoms. The summed E-state index contributed by atoms with van der Waals surface area (Å²) in [5.41, 5.74) is 3.61. The number of rotatable bonds is 6. The van der Waals surface area contributed by atoms with Crippen molar-refractivity contribution in [3.63, 3.8) is 0 Å². The van der Waals surface area contributed by atoms with Crippen molar-refractivity contribution in [1.82, 2.24) is 4.90 Å². The van der Waals surface area contributed by atoms with Gasteiger partial charge in [0.1, 0.15) is 5.84 Å². The van der Waals surface area contributed by atoms with Crippen LogP contribution in [0.25, 0.3) is 0 Å². The fourth-order valence-electron chi connectivity index (χ4n) is 3.06. The fraction of sp³-hybridized carbons (Fsp3) is 0.333. The molecule has 1 aliphatic heterocycles. The standard InChI is InChI=1S/C21H24Cl2N4/c1-3-27(4-2)12-11-24-21-14-20(16-10-9-15(22)13-17(16)23)25-18-7-5-6-8-19(18)26-21/h5-10,13H,3-4,11-12,14H2,1-2H3,(H,24,26). The zero-order chi connectivity index (χ0) is 19.2. The molecular formula is C21H24Cl2N4. The second kappa shape index (κ2) is 9.36. The molecule has 2 aromatic rings. The van der Waals surface area contributed by atoms with E-state index in [1.165, 1.54) is 0 Å². The second-order valence-corrected chi connectivity index (χ2v) is 7.20. The number of hydrogen-bond acceptors (Lipinski definition) is 3. The fourth-order valence-corrected chi connectivity index (χ4v) is 3.58. The lowest BCUT2D eigenvalue weighted by Crippen LogP contribution is -2.26. The van der Waals surface area contributed by atoms with E-state index in [0.717, 1.165) is 54.7 Å². The van der Waals surface area contributed by atoms with Gasteiger partial charge < -0.3 is 10.2 Å². The summed E-state index contributed by atoms with van der Waals surface area (Å²) in [5, 5.41) is 4.66. The van der Waals surface area contributed by atoms with Gasteiger partial charge in [0.15, 0.2) is 0 Å². The second-order valence-electron chi connectivity index (χ2n) is 6.36. The predicted molar refractivity (Wildman–Crippen MR) is 117 cm³/mol. The third-order valence-electron chi connectivity index (χ3n) is 4.63. The van der Waals surface area contributed by atoms with Crippen molar-refractivity contribution in [2.24, 2.45) is 9.98 Å². The number of fused-ring (bicyclic) bond motifs is 1. The van der Waals surface area contributed by atoms with Gasteiger partial charge in [-0.3, -0.25) is 9.98 Å². The highest BCUT2D eigenvalue weighted by Crippen LogP contribution is 2.31. The topological polar surface area (TPSA) is 40.0 Å². The molecule has 1 N–H and O–H groups in total. The third-order valence-corrected chi connectivity index (χ3v) is 5.18. The Morgan fingerprint density at radius 2 is 1.89 bits per heavy atom. The molecule has 0 spiro atoms. The largest absolute Gasteiger partial charge is 0.342 e. The molecule has 0 atom stereocenters. The van der Waals surface area contributed by atoms with Gasteiger partial charge in [-0.2, -0.15) is 0 Å². The first-order chi connectivity index (χ1) is 13.1. The lowest BCUT2D eigenvalue weighted by molar-refractivity contribution is 0.313. The monoisotopic (exact) mass is 402 g/mol. The summed E-state index contributed by atoms with van der Waals surface area (Å²) < 4.78 is 0. The molecule has 0 bridgehead atoms. The Morgan fingerprint density at radius 3 is 2.63 bits per heavy atom. The van der Waals surface area contributed by atoms with Crippen LogP contribution in [0, 0.1) is 0 Å². The van der Waals surface area contributed by atoms with E-state index in [9.17, 15) is 0 Å². The highest BCUT2D eigenvalue weighted by atomic mass is 35.5. The molecule has 0 saturated carbocycles. The van der Waals surface area contributed by atoms with Gasteiger partial charge in [0, 0.05) is 23.6 Å². The van der Waals surface area contributed by atoms with Gasteiger partial charge in [0.2, 0.25) is 0 Å². The number of nitrogens with zero attached hydrogens (tertiary/aromatic N) is 3. The van der Waals surface area contributed by atoms with Crippen LogP contribution in [-0.4, -0.2) is 42.6 Å². The maximum absolute atomic E-state index is 6.44. The number of hydrogen-bond donors (Lipinski definition) is 1. The molecule has 2 aromatic carbocycles. The van der Waals surface area contributed by atoms with Crippen molar-refractivity contribution in [1.29, 1.82) is 0 Å². The SMILES string of the molecule is CCN(CC)CCN=C1CC(c2ccc(Cl)cc2Cl)=Nc2ccccc2N1. The summed E-state index contributed by atoms with van der Waals surface area (Å²) in [6, 6.07) is 13.5. The first-order valence-corrected chi connectivity index (χ1v) is 10.0. The van der Waals surface area contributed by atoms with Gasteiger partial charge in [0.05, 0.1) is 28.7 Å². The molecular weight excluding hydrogens is 379 g/mol. The number of anilines is 1. The number of benzene rings is 2. The van der Waals surface area contributed by atoms with Crippen molar-refractivity contribution in [3.05, 3.63) is 58.1 Å². The van der Waals surface area contributed by atoms with Crippen molar-refractivity contribution in [2.45, 2.75) is 20.3 Å². The van der Waals surface area contributed by atoms with Gasteiger partial charge >= 0.3 is 0 Å². The van der Waals surface area contributed by atoms with Gasteiger partial charge in [0.25, 0.3) is 0 Å². The quantitative estimate of drug-likeness (QED) is 0.675. The van der Waals surface area contributed by atoms with Crippen molar-refractivity contribution < 1.29 is 0 Å². The van der Waals surface area contributed by atoms with Crippen LogP contribution in [0.4, 0.5) is 11.4 Å². The van der Waals surface area contributed by atoms with Gasteiger partial charge in [-0.1, -0.05) is 55.2 Å². The van der Waals surface area contributed by atoms with Crippen LogP contribution in [0.3, 0.4) is 0 Å². The molecule has 0 unspecified atom stereocenters. The molecule has 142 valence electrons. The van der Waals surface area contributed by atoms with Crippen LogP contribution in [-0.2, 0) is 0 Å². The number of para-hydroxylation sites is 2. The minimum Gasteiger partial charge on any atom is -0.342 e. The summed E-state index contributed by atoms with van der Waals surface area (Å²) in [4.78, 5) is 12.0. The van der Waals surface area contributed by atoms with E-state index in [0.29, 0.717) is 16.5 Å². The average Bonchev–Trinajstić information content (AvgIpc) is 2.84. The minimum absolute atomic E-state index is 0.592. The van der Waals surface area contributed by atoms with E-state index < -0.39 is 0 Å². The van der Waals surface area contributed by atoms with Crippen LogP contribution >= 0.6 is 23.2 Å². The molecule has 4 nitrogen and oxygen atoms in total. The number of nitrogens with one attached hydrogen (secondary N) is 1. The zero-order valence-electron chi connectivity index (χ0n) is 15.7. The van der Waals surface area contributed by atoms with Crippen LogP contribution in [0.2, 0.25) is 10.0 Å². The smallest absolute Gasteiger partial charge is 0.107 e. The summed E-state index contributed by atoms with van der Waals surface area (Å²) in [6.07, 6.45) is 0.592. The first kappa shape index (κ1) is 19.9. The van der Waals surface area contributed by atoms with Gasteiger partial charge in [-0.15, -0.1) is 0 Å². The summed E-state index contributed by atoms with van der Waals surface area (Å²) in [6.45, 7) is 8.09. The highest BCUT2D eigenvalue weighted by molar-refractivity contribution is 6.37. The molecule has 0 aliphatic carbocycles. The van der Waals surface area contributed by atoms with E-state index in [2.05, 4.69) is 24.1 Å². The van der Waals surface area contributed by atoms with E-state index in [1.54, 1.807) is 6.07 Å². The lowest BCUT2D eigenvalue weighted by atomic mass is 10.1. The van der Waals surface area contributed by atoms with Crippen LogP contribution in [0.1, 0.15) is 25.8 Å². The molecule has 6 heteroatoms. The van der Waals surface area contributed by atoms with Crippen molar-refractivity contribution in [2.75, 3.05) is 31.5 Å². The molecule has 1 heterocycles. The minimum atomic E-state index is 0.592. The summed E-state index contributed by atoms with van der Waals surface area (Å²) in [5.74, 6) is 0.900. The van der Waals surface area contributed by atoms with Crippen molar-refractivity contribution >= 4 is 46.1 Å². The Hall–Kier alpha value is -1.88. The third kappa shape index (κ3) is 5.10. The summed E-state index contributed by atoms with van der Waals surface area (Å²) in [7, 11) is 0. The number of likely N-dealkylation sites (N-methyl/N-ethyl adjacent to an activating group) is 1. The zero-order valence-corrected chi connectivity index (χ0v) is 17.2. The Labute approximate surface area is 170 Å². The van der Waals surface area contributed by atoms with E-state index in [1.807, 2.05) is 36.4 Å². The summed E-state index contributed by atoms with van der Waals surface area (Å²) >= 11 is 12.5. The van der Waals surface area contributed by atoms with Crippen LogP contribution in [0.5, 0.6) is 0 Å². The Morgan fingerprint density at radius 1 is 1.11 bits per heavy atom. The average molecular weight is 403 g/mol. The van der Waals surface area contributed by atoms with Crippen molar-refractivity contribution in [3.8, 4) is 0 Å². The van der Waals surface area contributed by atoms with Crippen LogP contribution < -0.4 is 5.32 Å². The normalized spacial score (nSPS) is 15.3. The maximum Gasteiger partial charge on any atom is 0.107 e. The Balaban J connectivity index is 1.92.